The van der Waals surface area contributed by atoms with Crippen LogP contribution in [0.15, 0.2) is 18.2 Å². The molecule has 1 aliphatic rings. The number of halogens is 2. The molecule has 1 fully saturated rings. The standard InChI is InChI=1S/C15H19ClINO/c1-10-4-3-5-12(8-10)18(2)15(19)11-6-7-14(17)13(16)9-11/h6-7,9-10,12H,3-5,8H2,1-2H3. The Morgan fingerprint density at radius 2 is 2.16 bits per heavy atom. The molecular weight excluding hydrogens is 373 g/mol. The molecular formula is C15H19ClINO. The van der Waals surface area contributed by atoms with Gasteiger partial charge in [-0.2, -0.15) is 0 Å². The zero-order valence-corrected chi connectivity index (χ0v) is 14.2. The van der Waals surface area contributed by atoms with E-state index in [1.165, 1.54) is 12.8 Å². The summed E-state index contributed by atoms with van der Waals surface area (Å²) in [5.41, 5.74) is 0.686. The predicted molar refractivity (Wildman–Crippen MR) is 87.7 cm³/mol. The Morgan fingerprint density at radius 3 is 2.79 bits per heavy atom. The van der Waals surface area contributed by atoms with Crippen molar-refractivity contribution >= 4 is 40.1 Å². The molecule has 4 heteroatoms. The molecule has 19 heavy (non-hydrogen) atoms. The lowest BCUT2D eigenvalue weighted by molar-refractivity contribution is 0.0672. The summed E-state index contributed by atoms with van der Waals surface area (Å²) in [6.07, 6.45) is 4.73. The molecule has 2 nitrogen and oxygen atoms in total. The van der Waals surface area contributed by atoms with E-state index in [1.807, 2.05) is 24.1 Å². The summed E-state index contributed by atoms with van der Waals surface area (Å²) < 4.78 is 0.977. The number of amides is 1. The third-order valence-corrected chi connectivity index (χ3v) is 5.52. The first kappa shape index (κ1) is 15.1. The van der Waals surface area contributed by atoms with Gasteiger partial charge in [-0.3, -0.25) is 4.79 Å². The van der Waals surface area contributed by atoms with Gasteiger partial charge in [0, 0.05) is 22.2 Å². The number of rotatable bonds is 2. The highest BCUT2D eigenvalue weighted by Crippen LogP contribution is 2.28. The van der Waals surface area contributed by atoms with Gasteiger partial charge in [0.2, 0.25) is 0 Å². The molecule has 104 valence electrons. The average molecular weight is 392 g/mol. The molecule has 1 aromatic rings. The maximum Gasteiger partial charge on any atom is 0.253 e. The number of carbonyl (C=O) groups excluding carboxylic acids is 1. The summed E-state index contributed by atoms with van der Waals surface area (Å²) >= 11 is 8.26. The average Bonchev–Trinajstić information content (AvgIpc) is 2.40. The van der Waals surface area contributed by atoms with Crippen molar-refractivity contribution in [2.75, 3.05) is 7.05 Å². The minimum atomic E-state index is 0.0809. The van der Waals surface area contributed by atoms with Crippen molar-refractivity contribution in [1.82, 2.24) is 4.90 Å². The molecule has 0 aromatic heterocycles. The highest BCUT2D eigenvalue weighted by atomic mass is 127. The van der Waals surface area contributed by atoms with Crippen LogP contribution in [0.4, 0.5) is 0 Å². The number of hydrogen-bond donors (Lipinski definition) is 0. The first-order valence-corrected chi connectivity index (χ1v) is 8.17. The van der Waals surface area contributed by atoms with Crippen molar-refractivity contribution in [3.05, 3.63) is 32.4 Å². The summed E-state index contributed by atoms with van der Waals surface area (Å²) in [6.45, 7) is 2.27. The molecule has 1 aliphatic carbocycles. The van der Waals surface area contributed by atoms with Crippen molar-refractivity contribution in [2.45, 2.75) is 38.6 Å². The second-order valence-electron chi connectivity index (χ2n) is 5.47. The molecule has 0 spiro atoms. The van der Waals surface area contributed by atoms with Crippen LogP contribution in [0.1, 0.15) is 43.0 Å². The maximum atomic E-state index is 12.5. The van der Waals surface area contributed by atoms with E-state index in [9.17, 15) is 4.79 Å². The van der Waals surface area contributed by atoms with Gasteiger partial charge >= 0.3 is 0 Å². The molecule has 0 radical (unpaired) electrons. The number of benzene rings is 1. The van der Waals surface area contributed by atoms with Gasteiger partial charge in [-0.15, -0.1) is 0 Å². The van der Waals surface area contributed by atoms with Gasteiger partial charge in [0.25, 0.3) is 5.91 Å². The zero-order valence-electron chi connectivity index (χ0n) is 11.3. The Morgan fingerprint density at radius 1 is 1.42 bits per heavy atom. The Bertz CT molecular complexity index is 477. The van der Waals surface area contributed by atoms with E-state index in [0.717, 1.165) is 16.4 Å². The van der Waals surface area contributed by atoms with Crippen LogP contribution in [0.3, 0.4) is 0 Å². The van der Waals surface area contributed by atoms with Gasteiger partial charge < -0.3 is 4.90 Å². The molecule has 0 aliphatic heterocycles. The monoisotopic (exact) mass is 391 g/mol. The van der Waals surface area contributed by atoms with E-state index in [0.29, 0.717) is 22.5 Å². The molecule has 0 heterocycles. The molecule has 1 amide bonds. The third kappa shape index (κ3) is 3.63. The summed E-state index contributed by atoms with van der Waals surface area (Å²) in [6, 6.07) is 5.90. The van der Waals surface area contributed by atoms with Gasteiger partial charge in [0.05, 0.1) is 5.02 Å². The highest BCUT2D eigenvalue weighted by molar-refractivity contribution is 14.1. The number of hydrogen-bond acceptors (Lipinski definition) is 1. The second-order valence-corrected chi connectivity index (χ2v) is 7.04. The maximum absolute atomic E-state index is 12.5. The fourth-order valence-electron chi connectivity index (χ4n) is 2.75. The lowest BCUT2D eigenvalue weighted by atomic mass is 9.86. The summed E-state index contributed by atoms with van der Waals surface area (Å²) in [5, 5.41) is 0.650. The second kappa shape index (κ2) is 6.44. The molecule has 0 bridgehead atoms. The van der Waals surface area contributed by atoms with Crippen LogP contribution in [-0.2, 0) is 0 Å². The largest absolute Gasteiger partial charge is 0.339 e. The lowest BCUT2D eigenvalue weighted by Gasteiger charge is -2.34. The van der Waals surface area contributed by atoms with Gasteiger partial charge in [0.1, 0.15) is 0 Å². The summed E-state index contributed by atoms with van der Waals surface area (Å²) in [5.74, 6) is 0.798. The molecule has 1 aromatic carbocycles. The van der Waals surface area contributed by atoms with Crippen LogP contribution in [0, 0.1) is 9.49 Å². The predicted octanol–water partition coefficient (Wildman–Crippen LogP) is 4.60. The van der Waals surface area contributed by atoms with Gasteiger partial charge in [-0.25, -0.2) is 0 Å². The van der Waals surface area contributed by atoms with Crippen LogP contribution in [0.2, 0.25) is 5.02 Å². The first-order chi connectivity index (χ1) is 8.99. The van der Waals surface area contributed by atoms with Crippen molar-refractivity contribution in [1.29, 1.82) is 0 Å². The molecule has 2 unspecified atom stereocenters. The zero-order chi connectivity index (χ0) is 14.0. The van der Waals surface area contributed by atoms with E-state index in [1.54, 1.807) is 6.07 Å². The first-order valence-electron chi connectivity index (χ1n) is 6.71. The van der Waals surface area contributed by atoms with Crippen molar-refractivity contribution in [3.8, 4) is 0 Å². The molecule has 2 rings (SSSR count). The van der Waals surface area contributed by atoms with Crippen LogP contribution < -0.4 is 0 Å². The number of carbonyl (C=O) groups is 1. The van der Waals surface area contributed by atoms with Crippen molar-refractivity contribution in [3.63, 3.8) is 0 Å². The SMILES string of the molecule is CC1CCCC(N(C)C(=O)c2ccc(I)c(Cl)c2)C1. The minimum Gasteiger partial charge on any atom is -0.339 e. The third-order valence-electron chi connectivity index (χ3n) is 3.94. The topological polar surface area (TPSA) is 20.3 Å². The fourth-order valence-corrected chi connectivity index (χ4v) is 3.27. The Labute approximate surface area is 133 Å². The van der Waals surface area contributed by atoms with E-state index in [2.05, 4.69) is 29.5 Å². The Balaban J connectivity index is 2.11. The van der Waals surface area contributed by atoms with Gasteiger partial charge in [-0.05, 0) is 59.5 Å². The quantitative estimate of drug-likeness (QED) is 0.675. The van der Waals surface area contributed by atoms with Crippen molar-refractivity contribution < 1.29 is 4.79 Å². The molecule has 0 N–H and O–H groups in total. The Hall–Kier alpha value is -0.290. The summed E-state index contributed by atoms with van der Waals surface area (Å²) in [4.78, 5) is 14.4. The van der Waals surface area contributed by atoms with E-state index in [-0.39, 0.29) is 5.91 Å². The Kier molecular flexibility index (Phi) is 5.12. The number of nitrogens with zero attached hydrogens (tertiary/aromatic N) is 1. The van der Waals surface area contributed by atoms with Gasteiger partial charge in [-0.1, -0.05) is 31.4 Å². The molecule has 2 atom stereocenters. The molecule has 0 saturated heterocycles. The van der Waals surface area contributed by atoms with Crippen LogP contribution in [-0.4, -0.2) is 23.9 Å². The van der Waals surface area contributed by atoms with E-state index >= 15 is 0 Å². The van der Waals surface area contributed by atoms with Crippen LogP contribution >= 0.6 is 34.2 Å². The van der Waals surface area contributed by atoms with Gasteiger partial charge in [0.15, 0.2) is 0 Å². The van der Waals surface area contributed by atoms with Crippen LogP contribution in [0.25, 0.3) is 0 Å². The minimum absolute atomic E-state index is 0.0809. The smallest absolute Gasteiger partial charge is 0.253 e. The van der Waals surface area contributed by atoms with E-state index < -0.39 is 0 Å². The normalized spacial score (nSPS) is 23.2. The van der Waals surface area contributed by atoms with Crippen LogP contribution in [0.5, 0.6) is 0 Å². The summed E-state index contributed by atoms with van der Waals surface area (Å²) in [7, 11) is 1.91. The van der Waals surface area contributed by atoms with Crippen molar-refractivity contribution in [2.24, 2.45) is 5.92 Å². The lowest BCUT2D eigenvalue weighted by Crippen LogP contribution is -2.39. The highest BCUT2D eigenvalue weighted by Gasteiger charge is 2.26. The fraction of sp³-hybridized carbons (Fsp3) is 0.533. The molecule has 1 saturated carbocycles. The van der Waals surface area contributed by atoms with E-state index in [4.69, 9.17) is 11.6 Å².